The number of benzene rings is 1. The number of hydrogen-bond donors (Lipinski definition) is 1. The number of fused-ring (bicyclic) bond motifs is 1. The number of thiophene rings is 1. The molecule has 0 fully saturated rings. The van der Waals surface area contributed by atoms with Crippen molar-refractivity contribution >= 4 is 38.7 Å². The highest BCUT2D eigenvalue weighted by Gasteiger charge is 2.37. The SMILES string of the molecule is CCCS(=O)(=O)c1csc(C(=O)OC)c1NC(=O)c1ccc(Cc2cc3c(cc2C)C(C)(C)CCC3(C)C)o1. The number of furan rings is 1. The number of carbonyl (C=O) groups is 2. The van der Waals surface area contributed by atoms with Crippen molar-refractivity contribution in [2.75, 3.05) is 18.2 Å². The Bertz CT molecular complexity index is 1520. The van der Waals surface area contributed by atoms with E-state index in [0.717, 1.165) is 29.7 Å². The van der Waals surface area contributed by atoms with Crippen molar-refractivity contribution in [2.24, 2.45) is 0 Å². The molecule has 0 saturated carbocycles. The normalized spacial score (nSPS) is 16.0. The van der Waals surface area contributed by atoms with Crippen LogP contribution >= 0.6 is 11.3 Å². The summed E-state index contributed by atoms with van der Waals surface area (Å²) in [6.07, 6.45) is 3.18. The largest absolute Gasteiger partial charge is 0.465 e. The van der Waals surface area contributed by atoms with Gasteiger partial charge in [0.25, 0.3) is 5.91 Å². The number of anilines is 1. The molecule has 7 nitrogen and oxygen atoms in total. The fraction of sp³-hybridized carbons (Fsp3) is 0.467. The molecule has 0 unspecified atom stereocenters. The second-order valence-corrected chi connectivity index (χ2v) is 14.6. The number of ether oxygens (including phenoxy) is 1. The van der Waals surface area contributed by atoms with Crippen LogP contribution in [0.15, 0.2) is 39.0 Å². The highest BCUT2D eigenvalue weighted by Crippen LogP contribution is 2.46. The summed E-state index contributed by atoms with van der Waals surface area (Å²) in [7, 11) is -2.49. The van der Waals surface area contributed by atoms with Crippen LogP contribution in [0.3, 0.4) is 0 Å². The van der Waals surface area contributed by atoms with Crippen molar-refractivity contribution in [1.29, 1.82) is 0 Å². The lowest BCUT2D eigenvalue weighted by Crippen LogP contribution is -2.34. The summed E-state index contributed by atoms with van der Waals surface area (Å²) in [5, 5.41) is 3.97. The maximum atomic E-state index is 13.1. The molecule has 2 heterocycles. The van der Waals surface area contributed by atoms with E-state index < -0.39 is 21.7 Å². The zero-order chi connectivity index (χ0) is 28.8. The first-order valence-corrected chi connectivity index (χ1v) is 15.7. The van der Waals surface area contributed by atoms with E-state index in [2.05, 4.69) is 52.1 Å². The Morgan fingerprint density at radius 1 is 1.08 bits per heavy atom. The molecule has 0 saturated heterocycles. The maximum Gasteiger partial charge on any atom is 0.350 e. The summed E-state index contributed by atoms with van der Waals surface area (Å²) in [5.41, 5.74) is 5.20. The van der Waals surface area contributed by atoms with Crippen molar-refractivity contribution in [3.8, 4) is 0 Å². The highest BCUT2D eigenvalue weighted by molar-refractivity contribution is 7.91. The zero-order valence-corrected chi connectivity index (χ0v) is 25.3. The standard InChI is InChI=1S/C30H37NO6S2/c1-8-13-39(34,35)24-17-38-26(28(33)36-7)25(24)31-27(32)23-10-9-20(37-23)15-19-16-22-21(14-18(19)2)29(3,4)11-12-30(22,5)6/h9-10,14,16-17H,8,11-13,15H2,1-7H3,(H,31,32). The third-order valence-corrected chi connectivity index (χ3v) is 10.8. The summed E-state index contributed by atoms with van der Waals surface area (Å²) in [6.45, 7) is 13.0. The van der Waals surface area contributed by atoms with Crippen LogP contribution in [0.2, 0.25) is 0 Å². The van der Waals surface area contributed by atoms with Crippen LogP contribution in [-0.4, -0.2) is 33.2 Å². The lowest BCUT2D eigenvalue weighted by atomic mass is 9.62. The molecule has 9 heteroatoms. The van der Waals surface area contributed by atoms with E-state index in [1.807, 2.05) is 0 Å². The van der Waals surface area contributed by atoms with Gasteiger partial charge in [0, 0.05) is 11.8 Å². The van der Waals surface area contributed by atoms with Gasteiger partial charge in [-0.1, -0.05) is 46.8 Å². The molecule has 0 bridgehead atoms. The number of esters is 1. The summed E-state index contributed by atoms with van der Waals surface area (Å²) in [4.78, 5) is 25.4. The molecule has 1 amide bonds. The van der Waals surface area contributed by atoms with Gasteiger partial charge in [0.15, 0.2) is 15.6 Å². The van der Waals surface area contributed by atoms with Gasteiger partial charge in [-0.05, 0) is 71.4 Å². The predicted octanol–water partition coefficient (Wildman–Crippen LogP) is 6.81. The highest BCUT2D eigenvalue weighted by atomic mass is 32.2. The molecule has 1 aliphatic rings. The number of aryl methyl sites for hydroxylation is 1. The molecule has 0 spiro atoms. The minimum Gasteiger partial charge on any atom is -0.465 e. The minimum absolute atomic E-state index is 0.0162. The number of nitrogens with one attached hydrogen (secondary N) is 1. The summed E-state index contributed by atoms with van der Waals surface area (Å²) in [5.74, 6) is -0.812. The number of carbonyl (C=O) groups excluding carboxylic acids is 2. The summed E-state index contributed by atoms with van der Waals surface area (Å²) in [6, 6.07) is 7.90. The topological polar surface area (TPSA) is 103 Å². The molecule has 39 heavy (non-hydrogen) atoms. The van der Waals surface area contributed by atoms with Crippen molar-refractivity contribution in [3.05, 3.63) is 68.3 Å². The first kappa shape index (κ1) is 29.1. The molecular weight excluding hydrogens is 534 g/mol. The number of rotatable bonds is 8. The average Bonchev–Trinajstić information content (AvgIpc) is 3.50. The molecule has 0 atom stereocenters. The summed E-state index contributed by atoms with van der Waals surface area (Å²) < 4.78 is 36.3. The van der Waals surface area contributed by atoms with Gasteiger partial charge in [-0.2, -0.15) is 0 Å². The van der Waals surface area contributed by atoms with Crippen LogP contribution in [-0.2, 0) is 31.8 Å². The Kier molecular flexibility index (Phi) is 7.89. The minimum atomic E-state index is -3.70. The van der Waals surface area contributed by atoms with Gasteiger partial charge < -0.3 is 14.5 Å². The predicted molar refractivity (Wildman–Crippen MR) is 154 cm³/mol. The lowest BCUT2D eigenvalue weighted by molar-refractivity contribution is 0.0607. The molecule has 0 radical (unpaired) electrons. The second-order valence-electron chi connectivity index (χ2n) is 11.6. The van der Waals surface area contributed by atoms with Crippen molar-refractivity contribution < 1.29 is 27.2 Å². The Hall–Kier alpha value is -2.91. The Balaban J connectivity index is 1.61. The Morgan fingerprint density at radius 3 is 2.33 bits per heavy atom. The van der Waals surface area contributed by atoms with Crippen LogP contribution in [0, 0.1) is 6.92 Å². The molecule has 210 valence electrons. The van der Waals surface area contributed by atoms with E-state index in [9.17, 15) is 18.0 Å². The van der Waals surface area contributed by atoms with Gasteiger partial charge in [-0.15, -0.1) is 11.3 Å². The van der Waals surface area contributed by atoms with E-state index in [1.54, 1.807) is 19.1 Å². The molecule has 0 aliphatic heterocycles. The van der Waals surface area contributed by atoms with Crippen LogP contribution in [0.1, 0.15) is 102 Å². The number of sulfone groups is 1. The third-order valence-electron chi connectivity index (χ3n) is 7.73. The monoisotopic (exact) mass is 571 g/mol. The number of hydrogen-bond acceptors (Lipinski definition) is 7. The molecule has 1 N–H and O–H groups in total. The van der Waals surface area contributed by atoms with Gasteiger partial charge in [0.2, 0.25) is 0 Å². The van der Waals surface area contributed by atoms with Gasteiger partial charge >= 0.3 is 5.97 Å². The van der Waals surface area contributed by atoms with Crippen LogP contribution in [0.5, 0.6) is 0 Å². The van der Waals surface area contributed by atoms with E-state index in [0.29, 0.717) is 18.6 Å². The maximum absolute atomic E-state index is 13.1. The molecule has 3 aromatic rings. The molecule has 2 aromatic heterocycles. The fourth-order valence-corrected chi connectivity index (χ4v) is 8.04. The van der Waals surface area contributed by atoms with Crippen LogP contribution in [0.4, 0.5) is 5.69 Å². The lowest BCUT2D eigenvalue weighted by Gasteiger charge is -2.42. The number of amides is 1. The van der Waals surface area contributed by atoms with E-state index in [-0.39, 0.29) is 37.8 Å². The van der Waals surface area contributed by atoms with Crippen molar-refractivity contribution in [2.45, 2.75) is 83.0 Å². The first-order valence-electron chi connectivity index (χ1n) is 13.2. The smallest absolute Gasteiger partial charge is 0.350 e. The van der Waals surface area contributed by atoms with E-state index in [4.69, 9.17) is 9.15 Å². The fourth-order valence-electron chi connectivity index (χ4n) is 5.23. The van der Waals surface area contributed by atoms with Gasteiger partial charge in [-0.25, -0.2) is 13.2 Å². The molecule has 1 aromatic carbocycles. The van der Waals surface area contributed by atoms with Crippen LogP contribution < -0.4 is 5.32 Å². The molecule has 1 aliphatic carbocycles. The summed E-state index contributed by atoms with van der Waals surface area (Å²) >= 11 is 0.919. The quantitative estimate of drug-likeness (QED) is 0.298. The second kappa shape index (κ2) is 10.6. The van der Waals surface area contributed by atoms with E-state index >= 15 is 0 Å². The third kappa shape index (κ3) is 5.70. The van der Waals surface area contributed by atoms with Gasteiger partial charge in [0.05, 0.1) is 18.6 Å². The Labute approximate surface area is 234 Å². The number of methoxy groups -OCH3 is 1. The van der Waals surface area contributed by atoms with Crippen LogP contribution in [0.25, 0.3) is 0 Å². The zero-order valence-electron chi connectivity index (χ0n) is 23.7. The van der Waals surface area contributed by atoms with Crippen molar-refractivity contribution in [1.82, 2.24) is 0 Å². The molecular formula is C30H37NO6S2. The van der Waals surface area contributed by atoms with E-state index in [1.165, 1.54) is 29.2 Å². The Morgan fingerprint density at radius 2 is 1.72 bits per heavy atom. The molecule has 4 rings (SSSR count). The average molecular weight is 572 g/mol. The van der Waals surface area contributed by atoms with Gasteiger partial charge in [-0.3, -0.25) is 4.79 Å². The first-order chi connectivity index (χ1) is 18.2. The van der Waals surface area contributed by atoms with Crippen molar-refractivity contribution in [3.63, 3.8) is 0 Å². The van der Waals surface area contributed by atoms with Gasteiger partial charge in [0.1, 0.15) is 15.5 Å².